The van der Waals surface area contributed by atoms with Crippen molar-refractivity contribution in [3.05, 3.63) is 95.8 Å². The first kappa shape index (κ1) is 29.7. The second-order valence-corrected chi connectivity index (χ2v) is 10.4. The van der Waals surface area contributed by atoms with Gasteiger partial charge in [0.15, 0.2) is 0 Å². The summed E-state index contributed by atoms with van der Waals surface area (Å²) in [6.07, 6.45) is 6.70. The normalized spacial score (nSPS) is 17.3. The largest absolute Gasteiger partial charge is 0.395 e. The fraction of sp³-hybridized carbons (Fsp3) is 0.375. The predicted octanol–water partition coefficient (Wildman–Crippen LogP) is 4.14. The highest BCUT2D eigenvalue weighted by Gasteiger charge is 2.34. The SMILES string of the molecule is CCN(CCO)C(=O)N(Cc1ccc(C2CCCCC2C(=O)NC(C(N)=O)c2cccnc2)cc1)c1ccccc1. The summed E-state index contributed by atoms with van der Waals surface area (Å²) in [7, 11) is 0. The van der Waals surface area contributed by atoms with Gasteiger partial charge in [0.25, 0.3) is 0 Å². The van der Waals surface area contributed by atoms with E-state index in [0.29, 0.717) is 18.7 Å². The molecule has 4 N–H and O–H groups in total. The molecular weight excluding hydrogens is 518 g/mol. The molecule has 3 unspecified atom stereocenters. The van der Waals surface area contributed by atoms with Crippen LogP contribution >= 0.6 is 0 Å². The highest BCUT2D eigenvalue weighted by molar-refractivity contribution is 5.92. The van der Waals surface area contributed by atoms with Crippen LogP contribution in [0.1, 0.15) is 61.3 Å². The maximum atomic E-state index is 13.5. The van der Waals surface area contributed by atoms with Crippen LogP contribution in [0.15, 0.2) is 79.1 Å². The molecule has 1 aliphatic rings. The van der Waals surface area contributed by atoms with Crippen molar-refractivity contribution in [3.63, 3.8) is 0 Å². The lowest BCUT2D eigenvalue weighted by molar-refractivity contribution is -0.131. The number of carbonyl (C=O) groups excluding carboxylic acids is 3. The summed E-state index contributed by atoms with van der Waals surface area (Å²) in [6.45, 7) is 2.91. The van der Waals surface area contributed by atoms with Crippen LogP contribution < -0.4 is 16.0 Å². The van der Waals surface area contributed by atoms with Crippen LogP contribution in [0.4, 0.5) is 10.5 Å². The Labute approximate surface area is 241 Å². The molecule has 1 heterocycles. The van der Waals surface area contributed by atoms with Crippen molar-refractivity contribution < 1.29 is 19.5 Å². The van der Waals surface area contributed by atoms with Crippen molar-refractivity contribution in [2.24, 2.45) is 11.7 Å². The molecule has 2 aromatic carbocycles. The van der Waals surface area contributed by atoms with Crippen LogP contribution in [0.2, 0.25) is 0 Å². The summed E-state index contributed by atoms with van der Waals surface area (Å²) < 4.78 is 0. The molecule has 4 rings (SSSR count). The topological polar surface area (TPSA) is 129 Å². The zero-order valence-electron chi connectivity index (χ0n) is 23.5. The summed E-state index contributed by atoms with van der Waals surface area (Å²) in [5.41, 5.74) is 8.97. The number of benzene rings is 2. The first-order valence-corrected chi connectivity index (χ1v) is 14.2. The number of hydrogen-bond donors (Lipinski definition) is 3. The molecule has 0 radical (unpaired) electrons. The monoisotopic (exact) mass is 557 g/mol. The lowest BCUT2D eigenvalue weighted by Crippen LogP contribution is -2.44. The van der Waals surface area contributed by atoms with Gasteiger partial charge in [-0.25, -0.2) is 4.79 Å². The van der Waals surface area contributed by atoms with E-state index in [9.17, 15) is 19.5 Å². The quantitative estimate of drug-likeness (QED) is 0.326. The lowest BCUT2D eigenvalue weighted by Gasteiger charge is -2.32. The van der Waals surface area contributed by atoms with E-state index in [2.05, 4.69) is 10.3 Å². The fourth-order valence-corrected chi connectivity index (χ4v) is 5.57. The van der Waals surface area contributed by atoms with Gasteiger partial charge in [0.1, 0.15) is 6.04 Å². The molecule has 0 saturated heterocycles. The van der Waals surface area contributed by atoms with Gasteiger partial charge in [0, 0.05) is 42.7 Å². The molecule has 9 heteroatoms. The van der Waals surface area contributed by atoms with Crippen LogP contribution in [-0.4, -0.2) is 52.5 Å². The Balaban J connectivity index is 1.51. The number of anilines is 1. The number of pyridine rings is 1. The molecule has 1 saturated carbocycles. The Morgan fingerprint density at radius 3 is 2.39 bits per heavy atom. The van der Waals surface area contributed by atoms with Crippen LogP contribution in [0.5, 0.6) is 0 Å². The fourth-order valence-electron chi connectivity index (χ4n) is 5.57. The van der Waals surface area contributed by atoms with Gasteiger partial charge in [-0.2, -0.15) is 0 Å². The Bertz CT molecular complexity index is 1290. The molecular formula is C32H39N5O4. The summed E-state index contributed by atoms with van der Waals surface area (Å²) in [5, 5.41) is 12.3. The van der Waals surface area contributed by atoms with Crippen molar-refractivity contribution in [1.82, 2.24) is 15.2 Å². The highest BCUT2D eigenvalue weighted by atomic mass is 16.3. The van der Waals surface area contributed by atoms with Crippen molar-refractivity contribution >= 4 is 23.5 Å². The van der Waals surface area contributed by atoms with E-state index in [-0.39, 0.29) is 36.9 Å². The molecule has 4 amide bonds. The minimum absolute atomic E-state index is 0.00669. The number of nitrogens with one attached hydrogen (secondary N) is 1. The number of primary amides is 1. The number of likely N-dealkylation sites (N-methyl/N-ethyl adjacent to an activating group) is 1. The van der Waals surface area contributed by atoms with Gasteiger partial charge in [0.05, 0.1) is 13.2 Å². The zero-order chi connectivity index (χ0) is 29.2. The number of hydrogen-bond acceptors (Lipinski definition) is 5. The van der Waals surface area contributed by atoms with Gasteiger partial charge in [-0.1, -0.05) is 61.4 Å². The molecule has 41 heavy (non-hydrogen) atoms. The average molecular weight is 558 g/mol. The Morgan fingerprint density at radius 1 is 1.02 bits per heavy atom. The summed E-state index contributed by atoms with van der Waals surface area (Å²) in [6, 6.07) is 19.9. The van der Waals surface area contributed by atoms with Crippen molar-refractivity contribution in [1.29, 1.82) is 0 Å². The minimum Gasteiger partial charge on any atom is -0.395 e. The van der Waals surface area contributed by atoms with Gasteiger partial charge in [0.2, 0.25) is 11.8 Å². The van der Waals surface area contributed by atoms with Gasteiger partial charge < -0.3 is 21.1 Å². The lowest BCUT2D eigenvalue weighted by atomic mass is 9.74. The van der Waals surface area contributed by atoms with Gasteiger partial charge in [-0.3, -0.25) is 19.5 Å². The highest BCUT2D eigenvalue weighted by Crippen LogP contribution is 2.38. The standard InChI is InChI=1S/C32H39N5O4/c1-2-36(19-20-38)32(41)37(26-10-4-3-5-11-26)22-23-14-16-24(17-15-23)27-12-6-7-13-28(27)31(40)35-29(30(33)39)25-9-8-18-34-21-25/h3-5,8-11,14-18,21,27-29,38H,2,6-7,12-13,19-20,22H2,1H3,(H2,33,39)(H,35,40). The Morgan fingerprint density at radius 2 is 1.76 bits per heavy atom. The molecule has 216 valence electrons. The third-order valence-electron chi connectivity index (χ3n) is 7.76. The van der Waals surface area contributed by atoms with E-state index < -0.39 is 11.9 Å². The number of nitrogens with two attached hydrogens (primary N) is 1. The summed E-state index contributed by atoms with van der Waals surface area (Å²) in [4.78, 5) is 46.4. The van der Waals surface area contributed by atoms with E-state index in [1.807, 2.05) is 61.5 Å². The molecule has 3 aromatic rings. The Hall–Kier alpha value is -4.24. The molecule has 1 aromatic heterocycles. The van der Waals surface area contributed by atoms with Crippen LogP contribution in [0.3, 0.4) is 0 Å². The van der Waals surface area contributed by atoms with E-state index in [1.165, 1.54) is 0 Å². The maximum absolute atomic E-state index is 13.5. The average Bonchev–Trinajstić information content (AvgIpc) is 3.02. The second kappa shape index (κ2) is 14.4. The number of aromatic nitrogens is 1. The number of carbonyl (C=O) groups is 3. The predicted molar refractivity (Wildman–Crippen MR) is 158 cm³/mol. The second-order valence-electron chi connectivity index (χ2n) is 10.4. The van der Waals surface area contributed by atoms with Crippen molar-refractivity contribution in [2.75, 3.05) is 24.6 Å². The van der Waals surface area contributed by atoms with Gasteiger partial charge >= 0.3 is 6.03 Å². The molecule has 0 spiro atoms. The first-order valence-electron chi connectivity index (χ1n) is 14.2. The van der Waals surface area contributed by atoms with Crippen LogP contribution in [-0.2, 0) is 16.1 Å². The third-order valence-corrected chi connectivity index (χ3v) is 7.76. The number of rotatable bonds is 11. The number of para-hydroxylation sites is 1. The molecule has 0 bridgehead atoms. The minimum atomic E-state index is -0.934. The van der Waals surface area contributed by atoms with Crippen LogP contribution in [0.25, 0.3) is 0 Å². The summed E-state index contributed by atoms with van der Waals surface area (Å²) in [5.74, 6) is -1.09. The van der Waals surface area contributed by atoms with E-state index >= 15 is 0 Å². The molecule has 1 fully saturated rings. The number of aliphatic hydroxyl groups excluding tert-OH is 1. The number of urea groups is 1. The maximum Gasteiger partial charge on any atom is 0.324 e. The summed E-state index contributed by atoms with van der Waals surface area (Å²) >= 11 is 0. The number of amides is 4. The first-order chi connectivity index (χ1) is 19.9. The number of aliphatic hydroxyl groups is 1. The van der Waals surface area contributed by atoms with E-state index in [4.69, 9.17) is 5.73 Å². The van der Waals surface area contributed by atoms with Gasteiger partial charge in [-0.05, 0) is 55.0 Å². The molecule has 3 atom stereocenters. The Kier molecular flexibility index (Phi) is 10.5. The third kappa shape index (κ3) is 7.49. The van der Waals surface area contributed by atoms with Crippen molar-refractivity contribution in [3.8, 4) is 0 Å². The molecule has 1 aliphatic carbocycles. The molecule has 9 nitrogen and oxygen atoms in total. The van der Waals surface area contributed by atoms with E-state index in [1.54, 1.807) is 34.3 Å². The smallest absolute Gasteiger partial charge is 0.324 e. The number of nitrogens with zero attached hydrogens (tertiary/aromatic N) is 3. The van der Waals surface area contributed by atoms with Crippen molar-refractivity contribution in [2.45, 2.75) is 51.1 Å². The van der Waals surface area contributed by atoms with Gasteiger partial charge in [-0.15, -0.1) is 0 Å². The van der Waals surface area contributed by atoms with Crippen LogP contribution in [0, 0.1) is 5.92 Å². The zero-order valence-corrected chi connectivity index (χ0v) is 23.5. The molecule has 0 aliphatic heterocycles. The van der Waals surface area contributed by atoms with E-state index in [0.717, 1.165) is 42.5 Å².